The van der Waals surface area contributed by atoms with Crippen LogP contribution in [0.1, 0.15) is 56.3 Å². The number of halogens is 2. The molecule has 1 fully saturated rings. The maximum absolute atomic E-state index is 12.9. The number of hydrogen-bond acceptors (Lipinski definition) is 3. The summed E-state index contributed by atoms with van der Waals surface area (Å²) in [6, 6.07) is 6.26. The zero-order valence-corrected chi connectivity index (χ0v) is 20.1. The monoisotopic (exact) mass is 452 g/mol. The zero-order valence-electron chi connectivity index (χ0n) is 18.6. The summed E-state index contributed by atoms with van der Waals surface area (Å²) in [4.78, 5) is 17.4. The van der Waals surface area contributed by atoms with Crippen LogP contribution in [0.4, 0.5) is 5.69 Å². The minimum Gasteiger partial charge on any atom is -0.373 e. The average Bonchev–Trinajstić information content (AvgIpc) is 2.95. The van der Waals surface area contributed by atoms with E-state index in [0.717, 1.165) is 48.9 Å². The molecule has 0 radical (unpaired) electrons. The quantitative estimate of drug-likeness (QED) is 0.546. The van der Waals surface area contributed by atoms with Gasteiger partial charge in [0.1, 0.15) is 5.02 Å². The second-order valence-corrected chi connectivity index (χ2v) is 9.26. The van der Waals surface area contributed by atoms with Crippen LogP contribution in [0.5, 0.6) is 0 Å². The predicted molar refractivity (Wildman–Crippen MR) is 127 cm³/mol. The molecule has 0 unspecified atom stereocenters. The summed E-state index contributed by atoms with van der Waals surface area (Å²) in [5.41, 5.74) is 3.23. The van der Waals surface area contributed by atoms with Crippen LogP contribution in [0, 0.1) is 6.92 Å². The highest BCUT2D eigenvalue weighted by molar-refractivity contribution is 6.31. The van der Waals surface area contributed by atoms with Gasteiger partial charge in [0.2, 0.25) is 0 Å². The van der Waals surface area contributed by atoms with E-state index in [2.05, 4.69) is 36.8 Å². The Labute approximate surface area is 190 Å². The van der Waals surface area contributed by atoms with Gasteiger partial charge in [0.25, 0.3) is 5.56 Å². The van der Waals surface area contributed by atoms with Crippen LogP contribution in [0.2, 0.25) is 10.0 Å². The molecule has 0 N–H and O–H groups in total. The standard InChI is InChI=1S/C23H34Cl2N4O/c1-5-28(14-13-26(3)20-15-18(24)12-11-17(20)2)16-21-22(25)23(30)29(27(21)4)19-9-7-6-8-10-19/h11-12,15,19H,5-10,13-14,16H2,1-4H3. The van der Waals surface area contributed by atoms with E-state index < -0.39 is 0 Å². The van der Waals surface area contributed by atoms with Crippen molar-refractivity contribution in [2.24, 2.45) is 7.05 Å². The average molecular weight is 453 g/mol. The molecule has 0 atom stereocenters. The van der Waals surface area contributed by atoms with Crippen LogP contribution >= 0.6 is 23.2 Å². The van der Waals surface area contributed by atoms with Gasteiger partial charge in [-0.25, -0.2) is 4.68 Å². The molecule has 0 saturated heterocycles. The Morgan fingerprint density at radius 3 is 2.50 bits per heavy atom. The van der Waals surface area contributed by atoms with Crippen molar-refractivity contribution in [3.8, 4) is 0 Å². The third-order valence-corrected chi connectivity index (χ3v) is 7.05. The lowest BCUT2D eigenvalue weighted by Crippen LogP contribution is -2.34. The SMILES string of the molecule is CCN(CCN(C)c1cc(Cl)ccc1C)Cc1c(Cl)c(=O)n(C2CCCCC2)n1C. The lowest BCUT2D eigenvalue weighted by Gasteiger charge is -2.28. The normalized spacial score (nSPS) is 15.2. The first-order valence-electron chi connectivity index (χ1n) is 11.0. The second kappa shape index (κ2) is 10.3. The van der Waals surface area contributed by atoms with Gasteiger partial charge in [-0.3, -0.25) is 14.4 Å². The van der Waals surface area contributed by atoms with E-state index in [-0.39, 0.29) is 11.6 Å². The van der Waals surface area contributed by atoms with E-state index >= 15 is 0 Å². The maximum atomic E-state index is 12.9. The fourth-order valence-electron chi connectivity index (χ4n) is 4.51. The van der Waals surface area contributed by atoms with Gasteiger partial charge in [-0.2, -0.15) is 0 Å². The van der Waals surface area contributed by atoms with E-state index in [4.69, 9.17) is 23.2 Å². The van der Waals surface area contributed by atoms with Crippen LogP contribution in [0.15, 0.2) is 23.0 Å². The molecule has 5 nitrogen and oxygen atoms in total. The summed E-state index contributed by atoms with van der Waals surface area (Å²) in [5.74, 6) is 0. The fourth-order valence-corrected chi connectivity index (χ4v) is 4.94. The number of aryl methyl sites for hydroxylation is 1. The summed E-state index contributed by atoms with van der Waals surface area (Å²) in [6.45, 7) is 7.55. The third-order valence-electron chi connectivity index (χ3n) is 6.44. The van der Waals surface area contributed by atoms with E-state index in [0.29, 0.717) is 11.6 Å². The van der Waals surface area contributed by atoms with Crippen molar-refractivity contribution in [2.75, 3.05) is 31.6 Å². The first-order valence-corrected chi connectivity index (χ1v) is 11.7. The molecule has 7 heteroatoms. The molecule has 0 amide bonds. The minimum absolute atomic E-state index is 0.0382. The molecule has 166 valence electrons. The lowest BCUT2D eigenvalue weighted by molar-refractivity contribution is 0.260. The summed E-state index contributed by atoms with van der Waals surface area (Å²) in [6.07, 6.45) is 5.76. The van der Waals surface area contributed by atoms with Gasteiger partial charge in [-0.05, 0) is 44.0 Å². The molecule has 1 aliphatic rings. The molecule has 0 spiro atoms. The molecular formula is C23H34Cl2N4O. The largest absolute Gasteiger partial charge is 0.373 e. The van der Waals surface area contributed by atoms with E-state index in [1.807, 2.05) is 28.5 Å². The molecule has 0 aliphatic heterocycles. The number of aromatic nitrogens is 2. The molecule has 30 heavy (non-hydrogen) atoms. The van der Waals surface area contributed by atoms with Crippen molar-refractivity contribution >= 4 is 28.9 Å². The molecule has 3 rings (SSSR count). The van der Waals surface area contributed by atoms with Crippen molar-refractivity contribution in [2.45, 2.75) is 58.5 Å². The van der Waals surface area contributed by atoms with Gasteiger partial charge in [-0.1, -0.05) is 55.5 Å². The van der Waals surface area contributed by atoms with Gasteiger partial charge in [0.15, 0.2) is 0 Å². The first kappa shape index (κ1) is 23.2. The van der Waals surface area contributed by atoms with Crippen LogP contribution in [-0.4, -0.2) is 40.9 Å². The molecule has 2 aromatic rings. The number of benzene rings is 1. The number of anilines is 1. The van der Waals surface area contributed by atoms with Gasteiger partial charge in [0.05, 0.1) is 11.7 Å². The highest BCUT2D eigenvalue weighted by atomic mass is 35.5. The summed E-state index contributed by atoms with van der Waals surface area (Å²) < 4.78 is 3.90. The Balaban J connectivity index is 1.71. The Kier molecular flexibility index (Phi) is 7.94. The Hall–Kier alpha value is -1.43. The first-order chi connectivity index (χ1) is 14.3. The number of likely N-dealkylation sites (N-methyl/N-ethyl adjacent to an activating group) is 2. The van der Waals surface area contributed by atoms with Crippen LogP contribution in [0.25, 0.3) is 0 Å². The van der Waals surface area contributed by atoms with Gasteiger partial charge >= 0.3 is 0 Å². The predicted octanol–water partition coefficient (Wildman–Crippen LogP) is 5.27. The topological polar surface area (TPSA) is 33.4 Å². The van der Waals surface area contributed by atoms with Crippen molar-refractivity contribution in [1.82, 2.24) is 14.3 Å². The Morgan fingerprint density at radius 1 is 1.13 bits per heavy atom. The molecule has 1 saturated carbocycles. The molecule has 0 bridgehead atoms. The van der Waals surface area contributed by atoms with E-state index in [1.165, 1.54) is 24.8 Å². The van der Waals surface area contributed by atoms with Crippen LogP contribution in [0.3, 0.4) is 0 Å². The summed E-state index contributed by atoms with van der Waals surface area (Å²) in [7, 11) is 4.07. The number of rotatable bonds is 8. The van der Waals surface area contributed by atoms with Crippen LogP contribution in [-0.2, 0) is 13.6 Å². The molecule has 1 aliphatic carbocycles. The van der Waals surface area contributed by atoms with E-state index in [1.54, 1.807) is 0 Å². The highest BCUT2D eigenvalue weighted by Crippen LogP contribution is 2.29. The Bertz CT molecular complexity index is 915. The summed E-state index contributed by atoms with van der Waals surface area (Å²) >= 11 is 12.7. The van der Waals surface area contributed by atoms with Crippen molar-refractivity contribution < 1.29 is 0 Å². The zero-order chi connectivity index (χ0) is 21.8. The van der Waals surface area contributed by atoms with E-state index in [9.17, 15) is 4.79 Å². The van der Waals surface area contributed by atoms with Crippen molar-refractivity contribution in [3.63, 3.8) is 0 Å². The van der Waals surface area contributed by atoms with Gasteiger partial charge < -0.3 is 4.90 Å². The lowest BCUT2D eigenvalue weighted by atomic mass is 9.96. The molecule has 1 aromatic heterocycles. The molecule has 1 heterocycles. The van der Waals surface area contributed by atoms with Gasteiger partial charge in [0, 0.05) is 44.4 Å². The number of nitrogens with zero attached hydrogens (tertiary/aromatic N) is 4. The Morgan fingerprint density at radius 2 is 1.83 bits per heavy atom. The fraction of sp³-hybridized carbons (Fsp3) is 0.609. The highest BCUT2D eigenvalue weighted by Gasteiger charge is 2.24. The number of hydrogen-bond donors (Lipinski definition) is 0. The molecular weight excluding hydrogens is 419 g/mol. The van der Waals surface area contributed by atoms with Crippen molar-refractivity contribution in [1.29, 1.82) is 0 Å². The minimum atomic E-state index is -0.0382. The molecule has 1 aromatic carbocycles. The smallest absolute Gasteiger partial charge is 0.286 e. The maximum Gasteiger partial charge on any atom is 0.286 e. The van der Waals surface area contributed by atoms with Crippen LogP contribution < -0.4 is 10.5 Å². The third kappa shape index (κ3) is 5.06. The van der Waals surface area contributed by atoms with Crippen molar-refractivity contribution in [3.05, 3.63) is 49.9 Å². The second-order valence-electron chi connectivity index (χ2n) is 8.45. The summed E-state index contributed by atoms with van der Waals surface area (Å²) in [5, 5.41) is 1.13. The van der Waals surface area contributed by atoms with Gasteiger partial charge in [-0.15, -0.1) is 0 Å².